The van der Waals surface area contributed by atoms with Crippen LogP contribution in [0.5, 0.6) is 11.5 Å². The van der Waals surface area contributed by atoms with Crippen LogP contribution in [0.2, 0.25) is 0 Å². The van der Waals surface area contributed by atoms with Gasteiger partial charge in [-0.25, -0.2) is 0 Å². The molecule has 0 aliphatic rings. The Morgan fingerprint density at radius 1 is 0.926 bits per heavy atom. The van der Waals surface area contributed by atoms with Gasteiger partial charge in [-0.15, -0.1) is 0 Å². The summed E-state index contributed by atoms with van der Waals surface area (Å²) in [6, 6.07) is 20.1. The fraction of sp³-hybridized carbons (Fsp3) is 0.261. The number of likely N-dealkylation sites (N-methyl/N-ethyl adjacent to an activating group) is 1. The lowest BCUT2D eigenvalue weighted by Crippen LogP contribution is -2.31. The van der Waals surface area contributed by atoms with Crippen molar-refractivity contribution in [2.24, 2.45) is 0 Å². The van der Waals surface area contributed by atoms with Gasteiger partial charge in [-0.05, 0) is 41.0 Å². The number of carbonyl (C=O) groups is 1. The van der Waals surface area contributed by atoms with Crippen molar-refractivity contribution >= 4 is 16.7 Å². The van der Waals surface area contributed by atoms with Gasteiger partial charge in [0.2, 0.25) is 5.91 Å². The molecule has 140 valence electrons. The van der Waals surface area contributed by atoms with Crippen LogP contribution in [-0.4, -0.2) is 31.6 Å². The Bertz CT molecular complexity index is 931. The molecule has 0 spiro atoms. The molecule has 3 aromatic rings. The second-order valence-corrected chi connectivity index (χ2v) is 6.41. The predicted octanol–water partition coefficient (Wildman–Crippen LogP) is 4.45. The molecular formula is C23H25NO3. The Kier molecular flexibility index (Phi) is 5.97. The van der Waals surface area contributed by atoms with E-state index in [2.05, 4.69) is 18.2 Å². The van der Waals surface area contributed by atoms with Crippen molar-refractivity contribution in [1.29, 1.82) is 0 Å². The number of hydrogen-bond donors (Lipinski definition) is 0. The molecule has 0 atom stereocenters. The third-order valence-corrected chi connectivity index (χ3v) is 4.78. The Balaban J connectivity index is 1.78. The van der Waals surface area contributed by atoms with Crippen molar-refractivity contribution in [1.82, 2.24) is 4.90 Å². The van der Waals surface area contributed by atoms with E-state index in [0.717, 1.165) is 21.9 Å². The second-order valence-electron chi connectivity index (χ2n) is 6.41. The summed E-state index contributed by atoms with van der Waals surface area (Å²) in [5.41, 5.74) is 2.07. The first-order valence-electron chi connectivity index (χ1n) is 9.11. The highest BCUT2D eigenvalue weighted by Crippen LogP contribution is 2.28. The molecule has 0 aromatic heterocycles. The van der Waals surface area contributed by atoms with Crippen molar-refractivity contribution in [2.75, 3.05) is 20.8 Å². The molecule has 4 heteroatoms. The Morgan fingerprint density at radius 2 is 1.67 bits per heavy atom. The zero-order chi connectivity index (χ0) is 19.2. The van der Waals surface area contributed by atoms with E-state index in [1.54, 1.807) is 14.2 Å². The van der Waals surface area contributed by atoms with E-state index >= 15 is 0 Å². The molecule has 0 heterocycles. The average molecular weight is 363 g/mol. The highest BCUT2D eigenvalue weighted by molar-refractivity contribution is 5.90. The van der Waals surface area contributed by atoms with Crippen LogP contribution >= 0.6 is 0 Å². The zero-order valence-corrected chi connectivity index (χ0v) is 16.1. The van der Waals surface area contributed by atoms with Gasteiger partial charge in [-0.2, -0.15) is 0 Å². The van der Waals surface area contributed by atoms with Crippen molar-refractivity contribution in [2.45, 2.75) is 19.9 Å². The molecule has 1 amide bonds. The van der Waals surface area contributed by atoms with E-state index in [9.17, 15) is 4.79 Å². The number of fused-ring (bicyclic) bond motifs is 1. The molecule has 3 rings (SSSR count). The second kappa shape index (κ2) is 8.58. The van der Waals surface area contributed by atoms with E-state index in [0.29, 0.717) is 31.0 Å². The van der Waals surface area contributed by atoms with Crippen LogP contribution in [0.4, 0.5) is 0 Å². The molecule has 4 nitrogen and oxygen atoms in total. The van der Waals surface area contributed by atoms with Crippen LogP contribution in [-0.2, 0) is 17.8 Å². The van der Waals surface area contributed by atoms with Crippen molar-refractivity contribution in [3.05, 3.63) is 71.8 Å². The summed E-state index contributed by atoms with van der Waals surface area (Å²) in [6.45, 7) is 3.19. The number of amides is 1. The van der Waals surface area contributed by atoms with Gasteiger partial charge >= 0.3 is 0 Å². The molecule has 0 fully saturated rings. The first-order valence-corrected chi connectivity index (χ1v) is 9.11. The molecule has 0 N–H and O–H groups in total. The summed E-state index contributed by atoms with van der Waals surface area (Å²) in [7, 11) is 3.23. The van der Waals surface area contributed by atoms with Crippen LogP contribution in [0.15, 0.2) is 60.7 Å². The van der Waals surface area contributed by atoms with Crippen molar-refractivity contribution in [3.8, 4) is 11.5 Å². The Hall–Kier alpha value is -3.01. The summed E-state index contributed by atoms with van der Waals surface area (Å²) in [5.74, 6) is 1.47. The minimum absolute atomic E-state index is 0.114. The molecule has 27 heavy (non-hydrogen) atoms. The van der Waals surface area contributed by atoms with Crippen LogP contribution in [0.3, 0.4) is 0 Å². The molecular weight excluding hydrogens is 338 g/mol. The van der Waals surface area contributed by atoms with Gasteiger partial charge in [0, 0.05) is 13.1 Å². The van der Waals surface area contributed by atoms with Gasteiger partial charge in [0.05, 0.1) is 20.6 Å². The fourth-order valence-electron chi connectivity index (χ4n) is 3.30. The lowest BCUT2D eigenvalue weighted by atomic mass is 10.0. The van der Waals surface area contributed by atoms with Crippen LogP contribution < -0.4 is 9.47 Å². The molecule has 0 radical (unpaired) electrons. The number of nitrogens with zero attached hydrogens (tertiary/aromatic N) is 1. The van der Waals surface area contributed by atoms with Crippen molar-refractivity contribution < 1.29 is 14.3 Å². The third-order valence-electron chi connectivity index (χ3n) is 4.78. The maximum absolute atomic E-state index is 12.9. The van der Waals surface area contributed by atoms with Gasteiger partial charge in [-0.3, -0.25) is 4.79 Å². The summed E-state index contributed by atoms with van der Waals surface area (Å²) in [4.78, 5) is 14.8. The number of carbonyl (C=O) groups excluding carboxylic acids is 1. The zero-order valence-electron chi connectivity index (χ0n) is 16.1. The summed E-state index contributed by atoms with van der Waals surface area (Å²) >= 11 is 0. The fourth-order valence-corrected chi connectivity index (χ4v) is 3.30. The molecule has 0 aliphatic carbocycles. The van der Waals surface area contributed by atoms with Gasteiger partial charge in [0.15, 0.2) is 11.5 Å². The smallest absolute Gasteiger partial charge is 0.227 e. The van der Waals surface area contributed by atoms with E-state index in [1.165, 1.54) is 0 Å². The molecule has 3 aromatic carbocycles. The molecule has 0 aliphatic heterocycles. The maximum atomic E-state index is 12.9. The van der Waals surface area contributed by atoms with Gasteiger partial charge in [0.1, 0.15) is 0 Å². The van der Waals surface area contributed by atoms with Crippen LogP contribution in [0.25, 0.3) is 10.8 Å². The number of hydrogen-bond acceptors (Lipinski definition) is 3. The lowest BCUT2D eigenvalue weighted by Gasteiger charge is -2.22. The standard InChI is InChI=1S/C23H25NO3/c1-4-24(16-17-12-13-21(26-2)22(14-17)27-3)23(25)15-19-10-7-9-18-8-5-6-11-20(18)19/h5-14H,4,15-16H2,1-3H3. The summed E-state index contributed by atoms with van der Waals surface area (Å²) in [5, 5.41) is 2.29. The van der Waals surface area contributed by atoms with Crippen LogP contribution in [0, 0.1) is 0 Å². The molecule has 0 saturated carbocycles. The van der Waals surface area contributed by atoms with E-state index < -0.39 is 0 Å². The minimum Gasteiger partial charge on any atom is -0.493 e. The molecule has 0 unspecified atom stereocenters. The van der Waals surface area contributed by atoms with E-state index in [4.69, 9.17) is 9.47 Å². The summed E-state index contributed by atoms with van der Waals surface area (Å²) < 4.78 is 10.7. The number of ether oxygens (including phenoxy) is 2. The van der Waals surface area contributed by atoms with Gasteiger partial charge < -0.3 is 14.4 Å². The first-order chi connectivity index (χ1) is 13.2. The molecule has 0 saturated heterocycles. The minimum atomic E-state index is 0.114. The summed E-state index contributed by atoms with van der Waals surface area (Å²) in [6.07, 6.45) is 0.391. The predicted molar refractivity (Wildman–Crippen MR) is 108 cm³/mol. The number of methoxy groups -OCH3 is 2. The first kappa shape index (κ1) is 18.8. The average Bonchev–Trinajstić information content (AvgIpc) is 2.72. The largest absolute Gasteiger partial charge is 0.493 e. The highest BCUT2D eigenvalue weighted by Gasteiger charge is 2.15. The topological polar surface area (TPSA) is 38.8 Å². The highest BCUT2D eigenvalue weighted by atomic mass is 16.5. The SMILES string of the molecule is CCN(Cc1ccc(OC)c(OC)c1)C(=O)Cc1cccc2ccccc12. The number of benzene rings is 3. The monoisotopic (exact) mass is 363 g/mol. The van der Waals surface area contributed by atoms with Gasteiger partial charge in [0.25, 0.3) is 0 Å². The normalized spacial score (nSPS) is 10.6. The Morgan fingerprint density at radius 3 is 2.41 bits per heavy atom. The number of rotatable bonds is 7. The van der Waals surface area contributed by atoms with E-state index in [1.807, 2.05) is 54.3 Å². The molecule has 0 bridgehead atoms. The van der Waals surface area contributed by atoms with Crippen LogP contribution in [0.1, 0.15) is 18.1 Å². The maximum Gasteiger partial charge on any atom is 0.227 e. The third kappa shape index (κ3) is 4.22. The van der Waals surface area contributed by atoms with E-state index in [-0.39, 0.29) is 5.91 Å². The lowest BCUT2D eigenvalue weighted by molar-refractivity contribution is -0.130. The van der Waals surface area contributed by atoms with Crippen molar-refractivity contribution in [3.63, 3.8) is 0 Å². The Labute approximate surface area is 160 Å². The van der Waals surface area contributed by atoms with Gasteiger partial charge in [-0.1, -0.05) is 48.5 Å². The quantitative estimate of drug-likeness (QED) is 0.623.